The number of nitrogens with zero attached hydrogens (tertiary/aromatic N) is 1. The Morgan fingerprint density at radius 2 is 1.96 bits per heavy atom. The van der Waals surface area contributed by atoms with Gasteiger partial charge in [0.05, 0.1) is 13.7 Å². The standard InChI is InChI=1S/C16H15F3N2O4S/c1-3-25-13(22)12-11(8-9-6-4-5-7-10(9)24-2)26-15(20-12)21-14(23)16(17,18)19/h4-7H,3,8H2,1-2H3,(H,20,21,23). The van der Waals surface area contributed by atoms with Gasteiger partial charge in [0.15, 0.2) is 10.8 Å². The van der Waals surface area contributed by atoms with Gasteiger partial charge in [0, 0.05) is 11.3 Å². The SMILES string of the molecule is CCOC(=O)c1nc(NC(=O)C(F)(F)F)sc1Cc1ccccc1OC. The van der Waals surface area contributed by atoms with E-state index in [0.717, 1.165) is 11.3 Å². The number of alkyl halides is 3. The van der Waals surface area contributed by atoms with Gasteiger partial charge in [-0.1, -0.05) is 18.2 Å². The molecule has 2 aromatic rings. The number of ether oxygens (including phenoxy) is 2. The molecule has 26 heavy (non-hydrogen) atoms. The van der Waals surface area contributed by atoms with Gasteiger partial charge < -0.3 is 9.47 Å². The van der Waals surface area contributed by atoms with Crippen LogP contribution in [0.3, 0.4) is 0 Å². The Kier molecular flexibility index (Phi) is 6.19. The van der Waals surface area contributed by atoms with Gasteiger partial charge in [0.2, 0.25) is 0 Å². The number of carbonyl (C=O) groups excluding carboxylic acids is 2. The predicted octanol–water partition coefficient (Wildman–Crippen LogP) is 3.42. The van der Waals surface area contributed by atoms with Crippen LogP contribution in [0.1, 0.15) is 27.9 Å². The summed E-state index contributed by atoms with van der Waals surface area (Å²) in [6, 6.07) is 6.99. The summed E-state index contributed by atoms with van der Waals surface area (Å²) in [5.41, 5.74) is 0.568. The lowest BCUT2D eigenvalue weighted by Crippen LogP contribution is -2.29. The smallest absolute Gasteiger partial charge is 0.471 e. The van der Waals surface area contributed by atoms with Crippen LogP contribution in [-0.2, 0) is 16.0 Å². The molecule has 2 rings (SSSR count). The minimum Gasteiger partial charge on any atom is -0.496 e. The van der Waals surface area contributed by atoms with Crippen LogP contribution in [0.15, 0.2) is 24.3 Å². The lowest BCUT2D eigenvalue weighted by Gasteiger charge is -2.07. The van der Waals surface area contributed by atoms with Gasteiger partial charge in [0.1, 0.15) is 5.75 Å². The van der Waals surface area contributed by atoms with E-state index in [1.165, 1.54) is 7.11 Å². The predicted molar refractivity (Wildman–Crippen MR) is 88.6 cm³/mol. The van der Waals surface area contributed by atoms with Gasteiger partial charge in [0.25, 0.3) is 0 Å². The molecule has 140 valence electrons. The van der Waals surface area contributed by atoms with Crippen LogP contribution in [0.25, 0.3) is 0 Å². The van der Waals surface area contributed by atoms with Crippen LogP contribution in [-0.4, -0.2) is 36.8 Å². The normalized spacial score (nSPS) is 11.1. The summed E-state index contributed by atoms with van der Waals surface area (Å²) in [6.45, 7) is 1.67. The van der Waals surface area contributed by atoms with Crippen molar-refractivity contribution in [3.05, 3.63) is 40.4 Å². The molecule has 1 heterocycles. The molecular formula is C16H15F3N2O4S. The lowest BCUT2D eigenvalue weighted by molar-refractivity contribution is -0.167. The summed E-state index contributed by atoms with van der Waals surface area (Å²) < 4.78 is 47.4. The fourth-order valence-corrected chi connectivity index (χ4v) is 3.04. The zero-order valence-corrected chi connectivity index (χ0v) is 14.7. The van der Waals surface area contributed by atoms with Gasteiger partial charge in [-0.2, -0.15) is 13.2 Å². The maximum absolute atomic E-state index is 12.4. The number of hydrogen-bond donors (Lipinski definition) is 1. The molecule has 0 aliphatic carbocycles. The molecule has 0 radical (unpaired) electrons. The van der Waals surface area contributed by atoms with E-state index in [0.29, 0.717) is 16.2 Å². The highest BCUT2D eigenvalue weighted by atomic mass is 32.1. The highest BCUT2D eigenvalue weighted by Gasteiger charge is 2.39. The summed E-state index contributed by atoms with van der Waals surface area (Å²) in [6.07, 6.45) is -4.88. The van der Waals surface area contributed by atoms with Crippen LogP contribution in [0.5, 0.6) is 5.75 Å². The molecule has 0 unspecified atom stereocenters. The van der Waals surface area contributed by atoms with Crippen molar-refractivity contribution in [1.29, 1.82) is 0 Å². The number of rotatable bonds is 6. The molecule has 0 aliphatic rings. The van der Waals surface area contributed by atoms with E-state index in [9.17, 15) is 22.8 Å². The summed E-state index contributed by atoms with van der Waals surface area (Å²) in [7, 11) is 1.48. The molecule has 1 aromatic heterocycles. The third kappa shape index (κ3) is 4.72. The van der Waals surface area contributed by atoms with Crippen molar-refractivity contribution in [1.82, 2.24) is 4.98 Å². The first-order valence-electron chi connectivity index (χ1n) is 7.43. The van der Waals surface area contributed by atoms with Crippen LogP contribution in [0.4, 0.5) is 18.3 Å². The number of para-hydroxylation sites is 1. The average molecular weight is 388 g/mol. The van der Waals surface area contributed by atoms with E-state index < -0.39 is 18.1 Å². The van der Waals surface area contributed by atoms with Gasteiger partial charge in [-0.3, -0.25) is 10.1 Å². The molecule has 0 saturated heterocycles. The Labute approximate surface area is 150 Å². The minimum atomic E-state index is -5.06. The van der Waals surface area contributed by atoms with E-state index >= 15 is 0 Å². The number of nitrogens with one attached hydrogen (secondary N) is 1. The fraction of sp³-hybridized carbons (Fsp3) is 0.312. The lowest BCUT2D eigenvalue weighted by atomic mass is 10.1. The van der Waals surface area contributed by atoms with Crippen LogP contribution < -0.4 is 10.1 Å². The number of benzene rings is 1. The maximum Gasteiger partial charge on any atom is 0.471 e. The number of anilines is 1. The quantitative estimate of drug-likeness (QED) is 0.768. The highest BCUT2D eigenvalue weighted by molar-refractivity contribution is 7.16. The van der Waals surface area contributed by atoms with Crippen molar-refractivity contribution < 1.29 is 32.2 Å². The average Bonchev–Trinajstić information content (AvgIpc) is 2.97. The van der Waals surface area contributed by atoms with Crippen LogP contribution in [0.2, 0.25) is 0 Å². The minimum absolute atomic E-state index is 0.0781. The first kappa shape index (κ1) is 19.7. The van der Waals surface area contributed by atoms with E-state index in [1.54, 1.807) is 36.5 Å². The Bertz CT molecular complexity index is 805. The monoisotopic (exact) mass is 388 g/mol. The molecule has 1 N–H and O–H groups in total. The molecule has 0 saturated carbocycles. The van der Waals surface area contributed by atoms with Gasteiger partial charge in [-0.25, -0.2) is 9.78 Å². The first-order chi connectivity index (χ1) is 12.3. The first-order valence-corrected chi connectivity index (χ1v) is 8.24. The van der Waals surface area contributed by atoms with Crippen molar-refractivity contribution in [2.45, 2.75) is 19.5 Å². The number of halogens is 3. The molecule has 0 fully saturated rings. The number of amides is 1. The number of esters is 1. The van der Waals surface area contributed by atoms with E-state index in [1.807, 2.05) is 0 Å². The van der Waals surface area contributed by atoms with Gasteiger partial charge in [-0.05, 0) is 18.6 Å². The largest absolute Gasteiger partial charge is 0.496 e. The second-order valence-electron chi connectivity index (χ2n) is 4.95. The van der Waals surface area contributed by atoms with E-state index in [-0.39, 0.29) is 23.9 Å². The molecule has 1 aromatic carbocycles. The third-order valence-corrected chi connectivity index (χ3v) is 4.16. The van der Waals surface area contributed by atoms with Crippen molar-refractivity contribution in [3.63, 3.8) is 0 Å². The molecule has 1 amide bonds. The molecule has 0 spiro atoms. The Hall–Kier alpha value is -2.62. The zero-order chi connectivity index (χ0) is 19.3. The van der Waals surface area contributed by atoms with Crippen molar-refractivity contribution in [3.8, 4) is 5.75 Å². The van der Waals surface area contributed by atoms with Gasteiger partial charge in [-0.15, -0.1) is 11.3 Å². The molecule has 0 atom stereocenters. The second kappa shape index (κ2) is 8.17. The summed E-state index contributed by atoms with van der Waals surface area (Å²) >= 11 is 0.773. The van der Waals surface area contributed by atoms with Gasteiger partial charge >= 0.3 is 18.1 Å². The Morgan fingerprint density at radius 3 is 2.58 bits per heavy atom. The maximum atomic E-state index is 12.4. The second-order valence-corrected chi connectivity index (χ2v) is 6.04. The van der Waals surface area contributed by atoms with Crippen molar-refractivity contribution >= 4 is 28.3 Å². The van der Waals surface area contributed by atoms with E-state index in [4.69, 9.17) is 9.47 Å². The molecule has 0 bridgehead atoms. The zero-order valence-electron chi connectivity index (χ0n) is 13.8. The summed E-state index contributed by atoms with van der Waals surface area (Å²) in [5, 5.41) is 1.33. The summed E-state index contributed by atoms with van der Waals surface area (Å²) in [4.78, 5) is 27.3. The molecule has 6 nitrogen and oxygen atoms in total. The molecule has 10 heteroatoms. The number of thiazole rings is 1. The topological polar surface area (TPSA) is 77.5 Å². The third-order valence-electron chi connectivity index (χ3n) is 3.19. The number of hydrogen-bond acceptors (Lipinski definition) is 6. The Morgan fingerprint density at radius 1 is 1.27 bits per heavy atom. The molecule has 0 aliphatic heterocycles. The van der Waals surface area contributed by atoms with Crippen LogP contribution >= 0.6 is 11.3 Å². The fourth-order valence-electron chi connectivity index (χ4n) is 2.07. The Balaban J connectivity index is 2.36. The highest BCUT2D eigenvalue weighted by Crippen LogP contribution is 2.30. The van der Waals surface area contributed by atoms with Crippen molar-refractivity contribution in [2.75, 3.05) is 19.0 Å². The summed E-state index contributed by atoms with van der Waals surface area (Å²) in [5.74, 6) is -2.39. The van der Waals surface area contributed by atoms with Crippen LogP contribution in [0, 0.1) is 0 Å². The molecular weight excluding hydrogens is 373 g/mol. The number of aromatic nitrogens is 1. The number of methoxy groups -OCH3 is 1. The number of carbonyl (C=O) groups is 2. The van der Waals surface area contributed by atoms with Crippen molar-refractivity contribution in [2.24, 2.45) is 0 Å². The van der Waals surface area contributed by atoms with E-state index in [2.05, 4.69) is 4.98 Å².